The van der Waals surface area contributed by atoms with Gasteiger partial charge in [0.1, 0.15) is 0 Å². The summed E-state index contributed by atoms with van der Waals surface area (Å²) in [7, 11) is 0. The van der Waals surface area contributed by atoms with E-state index in [1.807, 2.05) is 42.5 Å². The van der Waals surface area contributed by atoms with Gasteiger partial charge < -0.3 is 0 Å². The Morgan fingerprint density at radius 1 is 0.964 bits per heavy atom. The Balaban J connectivity index is 1.66. The van der Waals surface area contributed by atoms with Gasteiger partial charge in [0.2, 0.25) is 0 Å². The number of rotatable bonds is 4. The summed E-state index contributed by atoms with van der Waals surface area (Å²) >= 11 is 0.847. The van der Waals surface area contributed by atoms with Crippen LogP contribution in [0.3, 0.4) is 0 Å². The zero-order valence-corrected chi connectivity index (χ0v) is 15.4. The summed E-state index contributed by atoms with van der Waals surface area (Å²) in [6.45, 7) is -0.130. The number of hydrogen-bond donors (Lipinski definition) is 0. The van der Waals surface area contributed by atoms with Crippen molar-refractivity contribution in [3.63, 3.8) is 0 Å². The second kappa shape index (κ2) is 7.28. The molecule has 7 heteroatoms. The number of para-hydroxylation sites is 1. The molecule has 28 heavy (non-hydrogen) atoms. The van der Waals surface area contributed by atoms with Gasteiger partial charge in [-0.05, 0) is 34.2 Å². The Morgan fingerprint density at radius 2 is 1.68 bits per heavy atom. The molecule has 1 saturated heterocycles. The van der Waals surface area contributed by atoms with Gasteiger partial charge in [0.05, 0.1) is 16.4 Å². The van der Waals surface area contributed by atoms with E-state index in [1.54, 1.807) is 24.3 Å². The average molecular weight is 390 g/mol. The van der Waals surface area contributed by atoms with E-state index in [2.05, 4.69) is 0 Å². The number of nitrogens with zero attached hydrogens (tertiary/aromatic N) is 2. The minimum atomic E-state index is -0.514. The lowest BCUT2D eigenvalue weighted by atomic mass is 10.0. The molecule has 1 aliphatic heterocycles. The first-order valence-corrected chi connectivity index (χ1v) is 9.31. The molecular formula is C21H14N2O4S. The highest BCUT2D eigenvalue weighted by atomic mass is 32.2. The van der Waals surface area contributed by atoms with Crippen LogP contribution in [0.5, 0.6) is 0 Å². The molecule has 2 amide bonds. The third-order valence-electron chi connectivity index (χ3n) is 4.50. The topological polar surface area (TPSA) is 80.5 Å². The normalized spacial score (nSPS) is 15.6. The molecule has 0 aromatic heterocycles. The fourth-order valence-corrected chi connectivity index (χ4v) is 3.98. The minimum Gasteiger partial charge on any atom is -0.268 e. The summed E-state index contributed by atoms with van der Waals surface area (Å²) in [6.07, 6.45) is 1.70. The van der Waals surface area contributed by atoms with Crippen molar-refractivity contribution in [2.45, 2.75) is 6.54 Å². The fourth-order valence-electron chi connectivity index (χ4n) is 3.15. The van der Waals surface area contributed by atoms with Crippen LogP contribution in [0.25, 0.3) is 16.8 Å². The van der Waals surface area contributed by atoms with Gasteiger partial charge >= 0.3 is 0 Å². The van der Waals surface area contributed by atoms with Gasteiger partial charge in [-0.1, -0.05) is 60.7 Å². The summed E-state index contributed by atoms with van der Waals surface area (Å²) in [5.41, 5.74) is 1.05. The number of carbonyl (C=O) groups excluding carboxylic acids is 2. The third kappa shape index (κ3) is 3.27. The molecule has 1 fully saturated rings. The maximum Gasteiger partial charge on any atom is 0.293 e. The van der Waals surface area contributed by atoms with Crippen LogP contribution in [-0.4, -0.2) is 21.0 Å². The van der Waals surface area contributed by atoms with Crippen molar-refractivity contribution in [3.8, 4) is 0 Å². The summed E-state index contributed by atoms with van der Waals surface area (Å²) < 4.78 is 0. The van der Waals surface area contributed by atoms with Gasteiger partial charge in [0.15, 0.2) is 0 Å². The highest BCUT2D eigenvalue weighted by Crippen LogP contribution is 2.35. The van der Waals surface area contributed by atoms with Gasteiger partial charge in [0, 0.05) is 11.6 Å². The van der Waals surface area contributed by atoms with Gasteiger partial charge in [-0.3, -0.25) is 24.6 Å². The molecular weight excluding hydrogens is 376 g/mol. The number of carbonyl (C=O) groups is 2. The molecule has 4 rings (SSSR count). The number of fused-ring (bicyclic) bond motifs is 1. The highest BCUT2D eigenvalue weighted by Gasteiger charge is 2.36. The van der Waals surface area contributed by atoms with Gasteiger partial charge in [-0.15, -0.1) is 0 Å². The van der Waals surface area contributed by atoms with Crippen LogP contribution in [0.15, 0.2) is 71.6 Å². The Bertz CT molecular complexity index is 1150. The monoisotopic (exact) mass is 390 g/mol. The number of amides is 2. The molecule has 0 spiro atoms. The molecule has 3 aromatic carbocycles. The standard InChI is InChI=1S/C21H14N2O4S/c24-20-19(12-15-9-5-8-14-6-1-3-10-17(14)15)28-21(25)22(20)13-16-7-2-4-11-18(16)23(26)27/h1-12H,13H2/b19-12+. The first-order chi connectivity index (χ1) is 13.5. The molecule has 6 nitrogen and oxygen atoms in total. The maximum absolute atomic E-state index is 12.8. The first kappa shape index (κ1) is 17.9. The molecule has 3 aromatic rings. The predicted octanol–water partition coefficient (Wildman–Crippen LogP) is 4.98. The van der Waals surface area contributed by atoms with Crippen LogP contribution < -0.4 is 0 Å². The summed E-state index contributed by atoms with van der Waals surface area (Å²) in [6, 6.07) is 19.7. The van der Waals surface area contributed by atoms with E-state index in [-0.39, 0.29) is 12.2 Å². The van der Waals surface area contributed by atoms with Crippen molar-refractivity contribution < 1.29 is 14.5 Å². The zero-order chi connectivity index (χ0) is 19.7. The van der Waals surface area contributed by atoms with Crippen molar-refractivity contribution in [2.75, 3.05) is 0 Å². The SMILES string of the molecule is O=C1S/C(=C/c2cccc3ccccc23)C(=O)N1Cc1ccccc1[N+](=O)[O-]. The fraction of sp³-hybridized carbons (Fsp3) is 0.0476. The van der Waals surface area contributed by atoms with E-state index in [0.29, 0.717) is 10.5 Å². The zero-order valence-electron chi connectivity index (χ0n) is 14.6. The van der Waals surface area contributed by atoms with Crippen LogP contribution in [0, 0.1) is 10.1 Å². The van der Waals surface area contributed by atoms with E-state index in [4.69, 9.17) is 0 Å². The number of nitro benzene ring substituents is 1. The molecule has 0 unspecified atom stereocenters. The van der Waals surface area contributed by atoms with Crippen LogP contribution in [0.1, 0.15) is 11.1 Å². The first-order valence-electron chi connectivity index (χ1n) is 8.50. The lowest BCUT2D eigenvalue weighted by Gasteiger charge is -2.12. The van der Waals surface area contributed by atoms with Gasteiger partial charge in [-0.25, -0.2) is 0 Å². The number of hydrogen-bond acceptors (Lipinski definition) is 5. The minimum absolute atomic E-state index is 0.111. The largest absolute Gasteiger partial charge is 0.293 e. The summed E-state index contributed by atoms with van der Waals surface area (Å²) in [5, 5.41) is 12.8. The third-order valence-corrected chi connectivity index (χ3v) is 5.41. The average Bonchev–Trinajstić information content (AvgIpc) is 2.96. The number of imide groups is 1. The van der Waals surface area contributed by atoms with Crippen molar-refractivity contribution in [3.05, 3.63) is 92.9 Å². The van der Waals surface area contributed by atoms with Crippen LogP contribution in [0.2, 0.25) is 0 Å². The number of nitro groups is 1. The van der Waals surface area contributed by atoms with Crippen LogP contribution >= 0.6 is 11.8 Å². The lowest BCUT2D eigenvalue weighted by Crippen LogP contribution is -2.27. The Hall–Kier alpha value is -3.45. The summed E-state index contributed by atoms with van der Waals surface area (Å²) in [5.74, 6) is -0.443. The van der Waals surface area contributed by atoms with Crippen LogP contribution in [0.4, 0.5) is 10.5 Å². The molecule has 0 N–H and O–H groups in total. The van der Waals surface area contributed by atoms with E-state index < -0.39 is 16.1 Å². The molecule has 0 radical (unpaired) electrons. The molecule has 0 aliphatic carbocycles. The Labute approximate surface area is 164 Å². The van der Waals surface area contributed by atoms with E-state index in [0.717, 1.165) is 33.0 Å². The predicted molar refractivity (Wildman–Crippen MR) is 109 cm³/mol. The van der Waals surface area contributed by atoms with Gasteiger partial charge in [0.25, 0.3) is 16.8 Å². The Kier molecular flexibility index (Phi) is 4.67. The quantitative estimate of drug-likeness (QED) is 0.356. The number of thioether (sulfide) groups is 1. The molecule has 0 saturated carbocycles. The second-order valence-electron chi connectivity index (χ2n) is 6.22. The molecule has 1 heterocycles. The number of benzene rings is 3. The van der Waals surface area contributed by atoms with E-state index in [1.165, 1.54) is 6.07 Å². The van der Waals surface area contributed by atoms with E-state index in [9.17, 15) is 19.7 Å². The van der Waals surface area contributed by atoms with E-state index >= 15 is 0 Å². The van der Waals surface area contributed by atoms with Gasteiger partial charge in [-0.2, -0.15) is 0 Å². The molecule has 0 atom stereocenters. The van der Waals surface area contributed by atoms with Crippen molar-refractivity contribution in [1.29, 1.82) is 0 Å². The van der Waals surface area contributed by atoms with Crippen molar-refractivity contribution in [1.82, 2.24) is 4.90 Å². The summed E-state index contributed by atoms with van der Waals surface area (Å²) in [4.78, 5) is 37.2. The maximum atomic E-state index is 12.8. The van der Waals surface area contributed by atoms with Crippen LogP contribution in [-0.2, 0) is 11.3 Å². The molecule has 1 aliphatic rings. The van der Waals surface area contributed by atoms with Crippen molar-refractivity contribution in [2.24, 2.45) is 0 Å². The molecule has 138 valence electrons. The van der Waals surface area contributed by atoms with Crippen molar-refractivity contribution >= 4 is 45.4 Å². The lowest BCUT2D eigenvalue weighted by molar-refractivity contribution is -0.385. The second-order valence-corrected chi connectivity index (χ2v) is 7.22. The highest BCUT2D eigenvalue weighted by molar-refractivity contribution is 8.18. The smallest absolute Gasteiger partial charge is 0.268 e. The molecule has 0 bridgehead atoms. The Morgan fingerprint density at radius 3 is 2.50 bits per heavy atom.